The Morgan fingerprint density at radius 1 is 1.27 bits per heavy atom. The van der Waals surface area contributed by atoms with Gasteiger partial charge >= 0.3 is 0 Å². The monoisotopic (exact) mass is 331 g/mol. The lowest BCUT2D eigenvalue weighted by molar-refractivity contribution is 0.914. The van der Waals surface area contributed by atoms with Crippen molar-refractivity contribution in [1.29, 1.82) is 0 Å². The van der Waals surface area contributed by atoms with E-state index in [1.54, 1.807) is 11.3 Å². The molecule has 4 rings (SSSR count). The molecule has 6 heteroatoms. The minimum Gasteiger partial charge on any atom is -0.378 e. The van der Waals surface area contributed by atoms with Gasteiger partial charge in [0.15, 0.2) is 0 Å². The van der Waals surface area contributed by atoms with Gasteiger partial charge in [-0.15, -0.1) is 11.3 Å². The van der Waals surface area contributed by atoms with Crippen LogP contribution in [0.3, 0.4) is 0 Å². The summed E-state index contributed by atoms with van der Waals surface area (Å²) in [7, 11) is 0. The van der Waals surface area contributed by atoms with Gasteiger partial charge in [0, 0.05) is 15.6 Å². The molecule has 0 bridgehead atoms. The van der Waals surface area contributed by atoms with Gasteiger partial charge in [0.25, 0.3) is 5.56 Å². The van der Waals surface area contributed by atoms with Gasteiger partial charge in [-0.2, -0.15) is 0 Å². The number of aromatic nitrogens is 2. The number of nitrogens with zero attached hydrogens (tertiary/aromatic N) is 1. The fraction of sp³-hybridized carbons (Fsp3) is 0.250. The number of aryl methyl sites for hydroxylation is 2. The Kier molecular flexibility index (Phi) is 3.39. The first-order valence-electron chi connectivity index (χ1n) is 7.23. The Balaban J connectivity index is 1.63. The molecule has 2 N–H and O–H groups in total. The molecule has 0 spiro atoms. The Labute approximate surface area is 136 Å². The lowest BCUT2D eigenvalue weighted by Gasteiger charge is -2.06. The number of hydrogen-bond donors (Lipinski definition) is 2. The van der Waals surface area contributed by atoms with Crippen LogP contribution in [-0.2, 0) is 19.4 Å². The van der Waals surface area contributed by atoms with Crippen molar-refractivity contribution in [2.75, 3.05) is 5.32 Å². The summed E-state index contributed by atoms with van der Waals surface area (Å²) in [6.07, 6.45) is 3.23. The average molecular weight is 332 g/mol. The third-order valence-corrected chi connectivity index (χ3v) is 5.37. The van der Waals surface area contributed by atoms with Crippen molar-refractivity contribution in [2.24, 2.45) is 0 Å². The number of H-pyrrole nitrogens is 1. The molecule has 112 valence electrons. The Hall–Kier alpha value is -1.85. The van der Waals surface area contributed by atoms with Gasteiger partial charge in [-0.25, -0.2) is 4.98 Å². The highest BCUT2D eigenvalue weighted by atomic mass is 35.5. The number of fused-ring (bicyclic) bond motifs is 3. The summed E-state index contributed by atoms with van der Waals surface area (Å²) in [5, 5.41) is 4.74. The highest BCUT2D eigenvalue weighted by molar-refractivity contribution is 7.18. The third-order valence-electron chi connectivity index (χ3n) is 3.93. The first-order chi connectivity index (χ1) is 10.7. The minimum atomic E-state index is -0.0164. The molecule has 4 nitrogen and oxygen atoms in total. The normalized spacial score (nSPS) is 13.5. The van der Waals surface area contributed by atoms with Crippen LogP contribution in [0.1, 0.15) is 22.7 Å². The van der Waals surface area contributed by atoms with Gasteiger partial charge in [0.2, 0.25) is 0 Å². The second kappa shape index (κ2) is 5.41. The molecule has 3 aromatic rings. The summed E-state index contributed by atoms with van der Waals surface area (Å²) in [4.78, 5) is 22.0. The van der Waals surface area contributed by atoms with Gasteiger partial charge in [0.05, 0.1) is 11.9 Å². The number of benzene rings is 1. The Morgan fingerprint density at radius 3 is 2.91 bits per heavy atom. The molecule has 22 heavy (non-hydrogen) atoms. The molecule has 1 aromatic carbocycles. The van der Waals surface area contributed by atoms with Crippen LogP contribution in [-0.4, -0.2) is 9.97 Å². The van der Waals surface area contributed by atoms with Crippen molar-refractivity contribution < 1.29 is 0 Å². The van der Waals surface area contributed by atoms with Crippen LogP contribution >= 0.6 is 22.9 Å². The molecule has 0 amide bonds. The van der Waals surface area contributed by atoms with E-state index in [0.29, 0.717) is 17.4 Å². The fourth-order valence-electron chi connectivity index (χ4n) is 2.88. The number of hydrogen-bond acceptors (Lipinski definition) is 4. The van der Waals surface area contributed by atoms with E-state index < -0.39 is 0 Å². The van der Waals surface area contributed by atoms with E-state index in [1.165, 1.54) is 10.4 Å². The van der Waals surface area contributed by atoms with Crippen LogP contribution in [0.4, 0.5) is 5.69 Å². The zero-order valence-corrected chi connectivity index (χ0v) is 13.4. The second-order valence-corrected chi connectivity index (χ2v) is 6.93. The number of rotatable bonds is 3. The van der Waals surface area contributed by atoms with Crippen molar-refractivity contribution in [3.63, 3.8) is 0 Å². The molecular formula is C16H14ClN3OS. The quantitative estimate of drug-likeness (QED) is 0.768. The van der Waals surface area contributed by atoms with Gasteiger partial charge in [0.1, 0.15) is 10.7 Å². The summed E-state index contributed by atoms with van der Waals surface area (Å²) in [5.41, 5.74) is 2.14. The van der Waals surface area contributed by atoms with Crippen molar-refractivity contribution >= 4 is 38.8 Å². The maximum atomic E-state index is 12.3. The summed E-state index contributed by atoms with van der Waals surface area (Å²) in [5.74, 6) is 0.660. The fourth-order valence-corrected chi connectivity index (χ4v) is 4.29. The highest BCUT2D eigenvalue weighted by Gasteiger charge is 2.20. The van der Waals surface area contributed by atoms with E-state index in [9.17, 15) is 4.79 Å². The van der Waals surface area contributed by atoms with E-state index in [-0.39, 0.29) is 5.56 Å². The molecule has 0 atom stereocenters. The first-order valence-corrected chi connectivity index (χ1v) is 8.43. The molecule has 1 aliphatic rings. The predicted molar refractivity (Wildman–Crippen MR) is 91.0 cm³/mol. The van der Waals surface area contributed by atoms with Crippen LogP contribution in [0.25, 0.3) is 10.2 Å². The van der Waals surface area contributed by atoms with E-state index in [2.05, 4.69) is 15.3 Å². The third kappa shape index (κ3) is 2.40. The average Bonchev–Trinajstić information content (AvgIpc) is 3.06. The van der Waals surface area contributed by atoms with E-state index in [0.717, 1.165) is 35.2 Å². The van der Waals surface area contributed by atoms with Crippen LogP contribution in [0.2, 0.25) is 5.02 Å². The molecule has 0 fully saturated rings. The van der Waals surface area contributed by atoms with Crippen molar-refractivity contribution in [3.8, 4) is 0 Å². The predicted octanol–water partition coefficient (Wildman–Crippen LogP) is 3.74. The first kappa shape index (κ1) is 13.8. The van der Waals surface area contributed by atoms with Gasteiger partial charge in [-0.05, 0) is 49.1 Å². The van der Waals surface area contributed by atoms with Crippen molar-refractivity contribution in [1.82, 2.24) is 9.97 Å². The number of thiophene rings is 1. The largest absolute Gasteiger partial charge is 0.378 e. The number of anilines is 1. The number of aromatic amines is 1. The summed E-state index contributed by atoms with van der Waals surface area (Å²) in [6, 6.07) is 7.46. The zero-order chi connectivity index (χ0) is 15.1. The van der Waals surface area contributed by atoms with Crippen molar-refractivity contribution in [3.05, 3.63) is 55.9 Å². The van der Waals surface area contributed by atoms with E-state index in [4.69, 9.17) is 11.6 Å². The van der Waals surface area contributed by atoms with Gasteiger partial charge < -0.3 is 10.3 Å². The maximum absolute atomic E-state index is 12.3. The summed E-state index contributed by atoms with van der Waals surface area (Å²) in [6.45, 7) is 0.482. The molecule has 0 saturated heterocycles. The maximum Gasteiger partial charge on any atom is 0.259 e. The second-order valence-electron chi connectivity index (χ2n) is 5.41. The van der Waals surface area contributed by atoms with Crippen LogP contribution in [0, 0.1) is 0 Å². The Morgan fingerprint density at radius 2 is 2.09 bits per heavy atom. The topological polar surface area (TPSA) is 57.8 Å². The lowest BCUT2D eigenvalue weighted by Crippen LogP contribution is -2.14. The highest BCUT2D eigenvalue weighted by Crippen LogP contribution is 2.34. The SMILES string of the molecule is O=c1[nH]c(CNc2ccc(Cl)cc2)nc2sc3c(c12)CCC3. The molecule has 0 unspecified atom stereocenters. The number of nitrogens with one attached hydrogen (secondary N) is 2. The van der Waals surface area contributed by atoms with Gasteiger partial charge in [-0.3, -0.25) is 4.79 Å². The Bertz CT molecular complexity index is 898. The lowest BCUT2D eigenvalue weighted by atomic mass is 10.2. The van der Waals surface area contributed by atoms with Crippen LogP contribution < -0.4 is 10.9 Å². The van der Waals surface area contributed by atoms with Gasteiger partial charge in [-0.1, -0.05) is 11.6 Å². The zero-order valence-electron chi connectivity index (χ0n) is 11.8. The molecular weight excluding hydrogens is 318 g/mol. The standard InChI is InChI=1S/C16H14ClN3OS/c17-9-4-6-10(7-5-9)18-8-13-19-15(21)14-11-2-1-3-12(11)22-16(14)20-13/h4-7,18H,1-3,8H2,(H,19,20,21). The van der Waals surface area contributed by atoms with E-state index in [1.807, 2.05) is 24.3 Å². The number of halogens is 1. The molecule has 1 aliphatic carbocycles. The summed E-state index contributed by atoms with van der Waals surface area (Å²) >= 11 is 7.53. The minimum absolute atomic E-state index is 0.0164. The molecule has 0 radical (unpaired) electrons. The van der Waals surface area contributed by atoms with Crippen molar-refractivity contribution in [2.45, 2.75) is 25.8 Å². The molecule has 2 aromatic heterocycles. The van der Waals surface area contributed by atoms with Crippen LogP contribution in [0.5, 0.6) is 0 Å². The van der Waals surface area contributed by atoms with E-state index >= 15 is 0 Å². The summed E-state index contributed by atoms with van der Waals surface area (Å²) < 4.78 is 0. The smallest absolute Gasteiger partial charge is 0.259 e. The molecule has 0 saturated carbocycles. The van der Waals surface area contributed by atoms with Crippen LogP contribution in [0.15, 0.2) is 29.1 Å². The molecule has 2 heterocycles. The molecule has 0 aliphatic heterocycles.